The first kappa shape index (κ1) is 13.4. The monoisotopic (exact) mass is 270 g/mol. The minimum absolute atomic E-state index is 0.117. The maximum absolute atomic E-state index is 6.18. The molecule has 3 nitrogen and oxygen atoms in total. The Balaban J connectivity index is 2.20. The van der Waals surface area contributed by atoms with Gasteiger partial charge in [0.15, 0.2) is 0 Å². The number of hydrogen-bond acceptors (Lipinski definition) is 3. The molecule has 1 heterocycles. The summed E-state index contributed by atoms with van der Waals surface area (Å²) in [6.45, 7) is 0.712. The van der Waals surface area contributed by atoms with Crippen molar-refractivity contribution < 1.29 is 4.74 Å². The zero-order valence-corrected chi connectivity index (χ0v) is 12.1. The Bertz CT molecular complexity index is 603. The predicted molar refractivity (Wildman–Crippen MR) is 82.1 cm³/mol. The highest BCUT2D eigenvalue weighted by Crippen LogP contribution is 2.42. The van der Waals surface area contributed by atoms with Crippen LogP contribution in [0.4, 0.5) is 0 Å². The molecule has 0 saturated heterocycles. The molecule has 20 heavy (non-hydrogen) atoms. The van der Waals surface area contributed by atoms with Gasteiger partial charge in [-0.15, -0.1) is 0 Å². The molecule has 2 N–H and O–H groups in total. The standard InChI is InChI=1S/C17H22N2O/c1-20-15-8-7-14(13-6-5-11-19-16(13)15)17(12-18)9-3-2-4-10-17/h5-8,11H,2-4,9-10,12,18H2,1H3. The molecule has 2 aromatic rings. The molecule has 1 aromatic carbocycles. The summed E-state index contributed by atoms with van der Waals surface area (Å²) in [6.07, 6.45) is 8.05. The Morgan fingerprint density at radius 3 is 2.70 bits per heavy atom. The summed E-state index contributed by atoms with van der Waals surface area (Å²) >= 11 is 0. The SMILES string of the molecule is COc1ccc(C2(CN)CCCCC2)c2cccnc12. The smallest absolute Gasteiger partial charge is 0.145 e. The molecule has 0 bridgehead atoms. The van der Waals surface area contributed by atoms with Gasteiger partial charge in [-0.2, -0.15) is 0 Å². The van der Waals surface area contributed by atoms with Crippen molar-refractivity contribution in [2.75, 3.05) is 13.7 Å². The number of aromatic nitrogens is 1. The van der Waals surface area contributed by atoms with Gasteiger partial charge in [0, 0.05) is 23.5 Å². The van der Waals surface area contributed by atoms with E-state index in [2.05, 4.69) is 17.1 Å². The van der Waals surface area contributed by atoms with Crippen LogP contribution >= 0.6 is 0 Å². The lowest BCUT2D eigenvalue weighted by Crippen LogP contribution is -2.37. The number of nitrogens with zero attached hydrogens (tertiary/aromatic N) is 1. The van der Waals surface area contributed by atoms with Crippen molar-refractivity contribution in [1.29, 1.82) is 0 Å². The first-order valence-electron chi connectivity index (χ1n) is 7.43. The van der Waals surface area contributed by atoms with Gasteiger partial charge in [-0.3, -0.25) is 4.98 Å². The third-order valence-electron chi connectivity index (χ3n) is 4.73. The van der Waals surface area contributed by atoms with Crippen molar-refractivity contribution in [3.8, 4) is 5.75 Å². The summed E-state index contributed by atoms with van der Waals surface area (Å²) in [4.78, 5) is 4.51. The molecule has 106 valence electrons. The molecule has 3 rings (SSSR count). The Labute approximate surface area is 120 Å². The van der Waals surface area contributed by atoms with Gasteiger partial charge in [0.2, 0.25) is 0 Å². The Morgan fingerprint density at radius 1 is 1.20 bits per heavy atom. The van der Waals surface area contributed by atoms with E-state index >= 15 is 0 Å². The molecule has 0 radical (unpaired) electrons. The van der Waals surface area contributed by atoms with E-state index in [1.807, 2.05) is 18.3 Å². The molecule has 0 spiro atoms. The summed E-state index contributed by atoms with van der Waals surface area (Å²) in [7, 11) is 1.70. The van der Waals surface area contributed by atoms with Gasteiger partial charge in [0.1, 0.15) is 11.3 Å². The van der Waals surface area contributed by atoms with Crippen molar-refractivity contribution in [1.82, 2.24) is 4.98 Å². The lowest BCUT2D eigenvalue weighted by Gasteiger charge is -2.37. The largest absolute Gasteiger partial charge is 0.494 e. The van der Waals surface area contributed by atoms with Crippen LogP contribution in [0.5, 0.6) is 5.75 Å². The molecule has 0 atom stereocenters. The molecule has 1 saturated carbocycles. The zero-order chi connectivity index (χ0) is 14.0. The van der Waals surface area contributed by atoms with Crippen LogP contribution in [0.1, 0.15) is 37.7 Å². The molecular weight excluding hydrogens is 248 g/mol. The highest BCUT2D eigenvalue weighted by atomic mass is 16.5. The number of rotatable bonds is 3. The fourth-order valence-corrected chi connectivity index (χ4v) is 3.59. The summed E-state index contributed by atoms with van der Waals surface area (Å²) in [5.41, 5.74) is 8.60. The van der Waals surface area contributed by atoms with Crippen molar-refractivity contribution in [3.05, 3.63) is 36.0 Å². The molecule has 0 aliphatic heterocycles. The molecule has 1 aliphatic rings. The van der Waals surface area contributed by atoms with Crippen LogP contribution in [-0.2, 0) is 5.41 Å². The molecule has 0 unspecified atom stereocenters. The number of pyridine rings is 1. The average molecular weight is 270 g/mol. The van der Waals surface area contributed by atoms with E-state index in [9.17, 15) is 0 Å². The summed E-state index contributed by atoms with van der Waals surface area (Å²) in [6, 6.07) is 8.38. The van der Waals surface area contributed by atoms with Gasteiger partial charge >= 0.3 is 0 Å². The quantitative estimate of drug-likeness (QED) is 0.929. The second kappa shape index (κ2) is 5.41. The van der Waals surface area contributed by atoms with E-state index in [1.165, 1.54) is 43.1 Å². The topological polar surface area (TPSA) is 48.1 Å². The summed E-state index contributed by atoms with van der Waals surface area (Å²) in [5.74, 6) is 0.840. The first-order chi connectivity index (χ1) is 9.80. The van der Waals surface area contributed by atoms with E-state index in [1.54, 1.807) is 7.11 Å². The predicted octanol–water partition coefficient (Wildman–Crippen LogP) is 3.40. The van der Waals surface area contributed by atoms with Gasteiger partial charge in [-0.25, -0.2) is 0 Å². The average Bonchev–Trinajstić information content (AvgIpc) is 2.54. The number of fused-ring (bicyclic) bond motifs is 1. The van der Waals surface area contributed by atoms with Crippen LogP contribution in [0.2, 0.25) is 0 Å². The number of benzene rings is 1. The molecule has 1 aliphatic carbocycles. The second-order valence-electron chi connectivity index (χ2n) is 5.76. The molecule has 1 aromatic heterocycles. The maximum Gasteiger partial charge on any atom is 0.145 e. The van der Waals surface area contributed by atoms with Crippen molar-refractivity contribution in [2.24, 2.45) is 5.73 Å². The van der Waals surface area contributed by atoms with E-state index in [0.29, 0.717) is 6.54 Å². The maximum atomic E-state index is 6.18. The minimum atomic E-state index is 0.117. The van der Waals surface area contributed by atoms with Crippen molar-refractivity contribution in [2.45, 2.75) is 37.5 Å². The van der Waals surface area contributed by atoms with Gasteiger partial charge < -0.3 is 10.5 Å². The molecule has 3 heteroatoms. The van der Waals surface area contributed by atoms with Crippen LogP contribution in [0, 0.1) is 0 Å². The second-order valence-corrected chi connectivity index (χ2v) is 5.76. The van der Waals surface area contributed by atoms with Gasteiger partial charge in [0.05, 0.1) is 7.11 Å². The summed E-state index contributed by atoms with van der Waals surface area (Å²) < 4.78 is 5.44. The number of methoxy groups -OCH3 is 1. The summed E-state index contributed by atoms with van der Waals surface area (Å²) in [5, 5.41) is 1.19. The van der Waals surface area contributed by atoms with Gasteiger partial charge in [0.25, 0.3) is 0 Å². The van der Waals surface area contributed by atoms with Gasteiger partial charge in [-0.05, 0) is 30.5 Å². The van der Waals surface area contributed by atoms with E-state index < -0.39 is 0 Å². The number of nitrogens with two attached hydrogens (primary N) is 1. The molecule has 0 amide bonds. The Morgan fingerprint density at radius 2 is 2.00 bits per heavy atom. The Kier molecular flexibility index (Phi) is 3.62. The fourth-order valence-electron chi connectivity index (χ4n) is 3.59. The lowest BCUT2D eigenvalue weighted by atomic mass is 9.68. The third kappa shape index (κ3) is 2.06. The fraction of sp³-hybridized carbons (Fsp3) is 0.471. The van der Waals surface area contributed by atoms with Crippen LogP contribution in [0.3, 0.4) is 0 Å². The minimum Gasteiger partial charge on any atom is -0.494 e. The highest BCUT2D eigenvalue weighted by Gasteiger charge is 2.34. The van der Waals surface area contributed by atoms with Gasteiger partial charge in [-0.1, -0.05) is 31.4 Å². The highest BCUT2D eigenvalue weighted by molar-refractivity contribution is 5.88. The molecule has 1 fully saturated rings. The first-order valence-corrected chi connectivity index (χ1v) is 7.43. The van der Waals surface area contributed by atoms with Crippen molar-refractivity contribution >= 4 is 10.9 Å². The van der Waals surface area contributed by atoms with E-state index in [-0.39, 0.29) is 5.41 Å². The van der Waals surface area contributed by atoms with E-state index in [0.717, 1.165) is 11.3 Å². The van der Waals surface area contributed by atoms with Crippen LogP contribution in [0.25, 0.3) is 10.9 Å². The zero-order valence-electron chi connectivity index (χ0n) is 12.1. The molecular formula is C17H22N2O. The lowest BCUT2D eigenvalue weighted by molar-refractivity contribution is 0.302. The van der Waals surface area contributed by atoms with Crippen LogP contribution < -0.4 is 10.5 Å². The van der Waals surface area contributed by atoms with Crippen LogP contribution in [-0.4, -0.2) is 18.6 Å². The van der Waals surface area contributed by atoms with Crippen LogP contribution in [0.15, 0.2) is 30.5 Å². The number of hydrogen-bond donors (Lipinski definition) is 1. The number of ether oxygens (including phenoxy) is 1. The normalized spacial score (nSPS) is 18.1. The Hall–Kier alpha value is -1.61. The van der Waals surface area contributed by atoms with Crippen molar-refractivity contribution in [3.63, 3.8) is 0 Å². The van der Waals surface area contributed by atoms with E-state index in [4.69, 9.17) is 10.5 Å². The third-order valence-corrected chi connectivity index (χ3v) is 4.73.